The lowest BCUT2D eigenvalue weighted by Crippen LogP contribution is -1.92. The number of hydrogen-bond donors (Lipinski definition) is 1. The van der Waals surface area contributed by atoms with Crippen LogP contribution in [0.15, 0.2) is 11.8 Å². The van der Waals surface area contributed by atoms with Crippen LogP contribution in [-0.4, -0.2) is 26.7 Å². The summed E-state index contributed by atoms with van der Waals surface area (Å²) in [5.41, 5.74) is 1.11. The highest BCUT2D eigenvalue weighted by Gasteiger charge is 1.76. The zero-order valence-corrected chi connectivity index (χ0v) is 5.92. The van der Waals surface area contributed by atoms with E-state index in [1.165, 1.54) is 0 Å². The average Bonchev–Trinajstić information content (AvgIpc) is 1.66. The first kappa shape index (κ1) is 16.3. The van der Waals surface area contributed by atoms with Gasteiger partial charge in [-0.1, -0.05) is 7.43 Å². The molecule has 61 valence electrons. The van der Waals surface area contributed by atoms with Crippen LogP contribution in [0.1, 0.15) is 22.7 Å². The van der Waals surface area contributed by atoms with E-state index in [0.29, 0.717) is 6.61 Å². The van der Waals surface area contributed by atoms with E-state index in [4.69, 9.17) is 9.84 Å². The molecule has 0 atom stereocenters. The van der Waals surface area contributed by atoms with Crippen molar-refractivity contribution in [3.8, 4) is 0 Å². The molecule has 1 N–H and O–H groups in total. The largest absolute Gasteiger partial charge is 0.499 e. The SMILES string of the molecule is C.CC(C)=COCCO.[2HH].[B]. The van der Waals surface area contributed by atoms with E-state index >= 15 is 0 Å². The molecule has 2 nitrogen and oxygen atoms in total. The molecule has 0 amide bonds. The standard InChI is InChI=1S/C6H12O2.CH4.B.H2/c1-6(2)5-8-4-3-7;;;/h5,7H,3-4H2,1-2H3;1H4;;1H/i;;;1+1. The summed E-state index contributed by atoms with van der Waals surface area (Å²) in [5.74, 6) is 0. The van der Waals surface area contributed by atoms with Crippen molar-refractivity contribution in [2.45, 2.75) is 21.3 Å². The molecule has 0 heterocycles. The summed E-state index contributed by atoms with van der Waals surface area (Å²) in [6.45, 7) is 4.36. The molecule has 0 fully saturated rings. The maximum Gasteiger partial charge on any atom is 0.110 e. The second-order valence-corrected chi connectivity index (χ2v) is 1.79. The van der Waals surface area contributed by atoms with Crippen LogP contribution in [0.5, 0.6) is 0 Å². The van der Waals surface area contributed by atoms with Gasteiger partial charge in [-0.3, -0.25) is 0 Å². The van der Waals surface area contributed by atoms with Gasteiger partial charge in [-0.25, -0.2) is 0 Å². The van der Waals surface area contributed by atoms with Crippen molar-refractivity contribution in [3.05, 3.63) is 11.8 Å². The molecule has 0 aliphatic heterocycles. The van der Waals surface area contributed by atoms with Crippen molar-refractivity contribution in [2.75, 3.05) is 13.2 Å². The Balaban J connectivity index is -0.0000000817. The summed E-state index contributed by atoms with van der Waals surface area (Å²) >= 11 is 0. The first-order valence-electron chi connectivity index (χ1n) is 2.63. The molecule has 0 unspecified atom stereocenters. The van der Waals surface area contributed by atoms with Crippen molar-refractivity contribution >= 4 is 8.41 Å². The highest BCUT2D eigenvalue weighted by molar-refractivity contribution is 5.75. The van der Waals surface area contributed by atoms with Crippen LogP contribution < -0.4 is 0 Å². The van der Waals surface area contributed by atoms with Gasteiger partial charge in [0.25, 0.3) is 0 Å². The van der Waals surface area contributed by atoms with Crippen LogP contribution >= 0.6 is 0 Å². The number of rotatable bonds is 3. The second kappa shape index (κ2) is 11.4. The third-order valence-electron chi connectivity index (χ3n) is 0.528. The lowest BCUT2D eigenvalue weighted by Gasteiger charge is -1.94. The van der Waals surface area contributed by atoms with Gasteiger partial charge in [0.15, 0.2) is 0 Å². The highest BCUT2D eigenvalue weighted by Crippen LogP contribution is 1.87. The van der Waals surface area contributed by atoms with Gasteiger partial charge in [-0.05, 0) is 19.4 Å². The molecule has 0 aromatic heterocycles. The van der Waals surface area contributed by atoms with Gasteiger partial charge in [0.05, 0.1) is 12.9 Å². The molecule has 0 saturated carbocycles. The van der Waals surface area contributed by atoms with E-state index < -0.39 is 0 Å². The lowest BCUT2D eigenvalue weighted by molar-refractivity contribution is 0.164. The van der Waals surface area contributed by atoms with Gasteiger partial charge in [0.2, 0.25) is 0 Å². The molecule has 0 spiro atoms. The fraction of sp³-hybridized carbons (Fsp3) is 0.714. The highest BCUT2D eigenvalue weighted by atomic mass is 16.5. The minimum Gasteiger partial charge on any atom is -0.499 e. The summed E-state index contributed by atoms with van der Waals surface area (Å²) in [6.07, 6.45) is 1.64. The first-order chi connectivity index (χ1) is 3.77. The predicted molar refractivity (Wildman–Crippen MR) is 47.1 cm³/mol. The van der Waals surface area contributed by atoms with Gasteiger partial charge >= 0.3 is 0 Å². The predicted octanol–water partition coefficient (Wildman–Crippen LogP) is 1.42. The minimum absolute atomic E-state index is 0. The molecular weight excluding hydrogens is 127 g/mol. The van der Waals surface area contributed by atoms with Gasteiger partial charge in [-0.15, -0.1) is 0 Å². The number of ether oxygens (including phenoxy) is 1. The maximum absolute atomic E-state index is 8.22. The normalized spacial score (nSPS) is 6.70. The molecule has 0 aliphatic carbocycles. The van der Waals surface area contributed by atoms with Gasteiger partial charge in [0, 0.05) is 9.84 Å². The van der Waals surface area contributed by atoms with Crippen LogP contribution in [0.4, 0.5) is 0 Å². The molecule has 0 aliphatic rings. The molecule has 0 bridgehead atoms. The summed E-state index contributed by atoms with van der Waals surface area (Å²) in [4.78, 5) is 0. The van der Waals surface area contributed by atoms with Gasteiger partial charge in [0.1, 0.15) is 6.61 Å². The van der Waals surface area contributed by atoms with E-state index in [1.807, 2.05) is 13.8 Å². The summed E-state index contributed by atoms with van der Waals surface area (Å²) in [7, 11) is 0. The number of aliphatic hydroxyl groups is 1. The Bertz CT molecular complexity index is 82.5. The van der Waals surface area contributed by atoms with E-state index in [1.54, 1.807) is 6.26 Å². The third kappa shape index (κ3) is 15.6. The van der Waals surface area contributed by atoms with Crippen molar-refractivity contribution in [1.29, 1.82) is 0 Å². The topological polar surface area (TPSA) is 29.5 Å². The Kier molecular flexibility index (Phi) is 18.5. The Labute approximate surface area is 67.0 Å². The molecule has 10 heavy (non-hydrogen) atoms. The smallest absolute Gasteiger partial charge is 0.110 e. The van der Waals surface area contributed by atoms with Crippen molar-refractivity contribution < 1.29 is 11.3 Å². The summed E-state index contributed by atoms with van der Waals surface area (Å²) < 4.78 is 4.83. The van der Waals surface area contributed by atoms with Gasteiger partial charge in [-0.2, -0.15) is 0 Å². The number of aliphatic hydroxyl groups excluding tert-OH is 1. The average molecular weight is 146 g/mol. The van der Waals surface area contributed by atoms with Crippen LogP contribution in [0, 0.1) is 0 Å². The fourth-order valence-electron chi connectivity index (χ4n) is 0.278. The Morgan fingerprint density at radius 2 is 2.10 bits per heavy atom. The molecule has 0 rings (SSSR count). The quantitative estimate of drug-likeness (QED) is 0.370. The molecule has 3 radical (unpaired) electrons. The zero-order chi connectivity index (χ0) is 6.41. The van der Waals surface area contributed by atoms with Crippen LogP contribution in [0.25, 0.3) is 0 Å². The monoisotopic (exact) mass is 146 g/mol. The van der Waals surface area contributed by atoms with E-state index in [-0.39, 0.29) is 23.9 Å². The Morgan fingerprint density at radius 1 is 1.60 bits per heavy atom. The molecule has 3 heteroatoms. The lowest BCUT2D eigenvalue weighted by atomic mass is 10.4. The second-order valence-electron chi connectivity index (χ2n) is 1.79. The summed E-state index contributed by atoms with van der Waals surface area (Å²) in [5, 5.41) is 8.22. The van der Waals surface area contributed by atoms with Crippen LogP contribution in [0.2, 0.25) is 0 Å². The van der Waals surface area contributed by atoms with E-state index in [2.05, 4.69) is 0 Å². The van der Waals surface area contributed by atoms with E-state index in [9.17, 15) is 0 Å². The van der Waals surface area contributed by atoms with Crippen LogP contribution in [0.3, 0.4) is 0 Å². The zero-order valence-electron chi connectivity index (χ0n) is 5.92. The molecule has 0 aromatic carbocycles. The fourth-order valence-corrected chi connectivity index (χ4v) is 0.278. The van der Waals surface area contributed by atoms with Crippen LogP contribution in [-0.2, 0) is 4.74 Å². The van der Waals surface area contributed by atoms with Gasteiger partial charge < -0.3 is 9.84 Å². The number of allylic oxidation sites excluding steroid dienone is 1. The number of hydrogen-bond acceptors (Lipinski definition) is 2. The molecule has 0 aromatic rings. The van der Waals surface area contributed by atoms with E-state index in [0.717, 1.165) is 5.57 Å². The minimum atomic E-state index is 0. The molecule has 0 saturated heterocycles. The van der Waals surface area contributed by atoms with Crippen molar-refractivity contribution in [2.24, 2.45) is 0 Å². The first-order valence-corrected chi connectivity index (χ1v) is 2.63. The van der Waals surface area contributed by atoms with Crippen molar-refractivity contribution in [1.82, 2.24) is 0 Å². The maximum atomic E-state index is 8.22. The Hall–Kier alpha value is -0.435. The summed E-state index contributed by atoms with van der Waals surface area (Å²) in [6, 6.07) is 0. The Morgan fingerprint density at radius 3 is 2.40 bits per heavy atom. The molecular formula is C7H18BO2. The van der Waals surface area contributed by atoms with Crippen molar-refractivity contribution in [3.63, 3.8) is 0 Å². The third-order valence-corrected chi connectivity index (χ3v) is 0.528.